The predicted octanol–water partition coefficient (Wildman–Crippen LogP) is 3.96. The van der Waals surface area contributed by atoms with Crippen LogP contribution in [0.1, 0.15) is 10.4 Å². The highest BCUT2D eigenvalue weighted by atomic mass is 19.4. The second kappa shape index (κ2) is 7.45. The van der Waals surface area contributed by atoms with E-state index in [0.717, 1.165) is 24.3 Å². The first-order valence-corrected chi connectivity index (χ1v) is 6.78. The van der Waals surface area contributed by atoms with Crippen molar-refractivity contribution in [2.24, 2.45) is 0 Å². The molecule has 0 unspecified atom stereocenters. The lowest BCUT2D eigenvalue weighted by Crippen LogP contribution is -2.17. The first-order chi connectivity index (χ1) is 11.3. The highest BCUT2D eigenvalue weighted by molar-refractivity contribution is 6.09. The van der Waals surface area contributed by atoms with Crippen molar-refractivity contribution in [2.45, 2.75) is 6.36 Å². The van der Waals surface area contributed by atoms with E-state index in [1.807, 2.05) is 0 Å². The Labute approximate surface area is 135 Å². The lowest BCUT2D eigenvalue weighted by atomic mass is 10.1. The highest BCUT2D eigenvalue weighted by Gasteiger charge is 2.30. The minimum Gasteiger partial charge on any atom is -0.406 e. The van der Waals surface area contributed by atoms with E-state index in [4.69, 9.17) is 0 Å². The molecule has 0 heterocycles. The number of hydrogen-bond donors (Lipinski definition) is 1. The number of halogens is 3. The number of anilines is 1. The van der Waals surface area contributed by atoms with E-state index >= 15 is 0 Å². The maximum atomic E-state index is 12.0. The molecule has 0 fully saturated rings. The lowest BCUT2D eigenvalue weighted by Gasteiger charge is -2.09. The topological polar surface area (TPSA) is 55.4 Å². The van der Waals surface area contributed by atoms with Crippen LogP contribution in [0.5, 0.6) is 5.75 Å². The van der Waals surface area contributed by atoms with Gasteiger partial charge < -0.3 is 10.1 Å². The molecular formula is C17H12F3NO3. The van der Waals surface area contributed by atoms with Gasteiger partial charge in [-0.25, -0.2) is 0 Å². The molecule has 0 aliphatic carbocycles. The molecule has 0 aliphatic heterocycles. The van der Waals surface area contributed by atoms with Crippen molar-refractivity contribution in [3.8, 4) is 5.75 Å². The first-order valence-electron chi connectivity index (χ1n) is 6.78. The van der Waals surface area contributed by atoms with Crippen LogP contribution >= 0.6 is 0 Å². The van der Waals surface area contributed by atoms with Gasteiger partial charge in [-0.15, -0.1) is 13.2 Å². The zero-order valence-electron chi connectivity index (χ0n) is 12.2. The van der Waals surface area contributed by atoms with Gasteiger partial charge >= 0.3 is 6.36 Å². The third-order valence-corrected chi connectivity index (χ3v) is 2.80. The Kier molecular flexibility index (Phi) is 5.36. The summed E-state index contributed by atoms with van der Waals surface area (Å²) in [6, 6.07) is 13.0. The van der Waals surface area contributed by atoms with Crippen LogP contribution in [0.4, 0.5) is 18.9 Å². The van der Waals surface area contributed by atoms with Crippen LogP contribution in [0.25, 0.3) is 0 Å². The third kappa shape index (κ3) is 5.60. The maximum Gasteiger partial charge on any atom is 0.573 e. The Hall–Kier alpha value is -3.09. The van der Waals surface area contributed by atoms with Crippen molar-refractivity contribution in [3.63, 3.8) is 0 Å². The Morgan fingerprint density at radius 2 is 1.54 bits per heavy atom. The van der Waals surface area contributed by atoms with E-state index in [9.17, 15) is 22.8 Å². The van der Waals surface area contributed by atoms with Crippen LogP contribution in [0.2, 0.25) is 0 Å². The molecule has 0 radical (unpaired) electrons. The number of allylic oxidation sites excluding steroid dienone is 1. The molecule has 0 saturated heterocycles. The molecule has 124 valence electrons. The second-order valence-corrected chi connectivity index (χ2v) is 4.63. The van der Waals surface area contributed by atoms with Gasteiger partial charge in [0, 0.05) is 17.3 Å². The molecule has 0 aliphatic rings. The van der Waals surface area contributed by atoms with Crippen LogP contribution in [0, 0.1) is 0 Å². The number of alkyl halides is 3. The number of rotatable bonds is 5. The third-order valence-electron chi connectivity index (χ3n) is 2.80. The van der Waals surface area contributed by atoms with Gasteiger partial charge in [-0.05, 0) is 30.3 Å². The molecule has 0 bridgehead atoms. The summed E-state index contributed by atoms with van der Waals surface area (Å²) >= 11 is 0. The Bertz CT molecular complexity index is 738. The smallest absolute Gasteiger partial charge is 0.406 e. The number of amides is 1. The normalized spacial score (nSPS) is 11.3. The van der Waals surface area contributed by atoms with Gasteiger partial charge in [0.05, 0.1) is 0 Å². The molecule has 0 saturated carbocycles. The van der Waals surface area contributed by atoms with Crippen molar-refractivity contribution >= 4 is 17.4 Å². The van der Waals surface area contributed by atoms with Crippen molar-refractivity contribution in [1.29, 1.82) is 0 Å². The molecule has 2 rings (SSSR count). The number of carbonyl (C=O) groups excluding carboxylic acids is 2. The van der Waals surface area contributed by atoms with E-state index in [-0.39, 0.29) is 11.5 Å². The zero-order chi connectivity index (χ0) is 17.6. The quantitative estimate of drug-likeness (QED) is 0.665. The fourth-order valence-electron chi connectivity index (χ4n) is 1.77. The standard InChI is InChI=1S/C17H12F3NO3/c18-17(19,20)24-14-8-6-13(7-9-14)21-16(23)11-10-15(22)12-4-2-1-3-5-12/h1-11H,(H,21,23). The first kappa shape index (κ1) is 17.3. The van der Waals surface area contributed by atoms with Crippen LogP contribution in [-0.2, 0) is 4.79 Å². The molecule has 24 heavy (non-hydrogen) atoms. The van der Waals surface area contributed by atoms with E-state index in [1.54, 1.807) is 30.3 Å². The summed E-state index contributed by atoms with van der Waals surface area (Å²) in [5.74, 6) is -1.31. The number of nitrogens with one attached hydrogen (secondary N) is 1. The minimum absolute atomic E-state index is 0.270. The summed E-state index contributed by atoms with van der Waals surface area (Å²) in [7, 11) is 0. The van der Waals surface area contributed by atoms with Crippen LogP contribution in [0.3, 0.4) is 0 Å². The van der Waals surface area contributed by atoms with Gasteiger partial charge in [-0.3, -0.25) is 9.59 Å². The molecular weight excluding hydrogens is 323 g/mol. The van der Waals surface area contributed by atoms with Crippen LogP contribution in [0.15, 0.2) is 66.7 Å². The SMILES string of the molecule is O=C(C=CC(=O)c1ccccc1)Nc1ccc(OC(F)(F)F)cc1. The van der Waals surface area contributed by atoms with Gasteiger partial charge in [0.1, 0.15) is 5.75 Å². The Balaban J connectivity index is 1.92. The monoisotopic (exact) mass is 335 g/mol. The summed E-state index contributed by atoms with van der Waals surface area (Å²) < 4.78 is 39.8. The van der Waals surface area contributed by atoms with E-state index in [2.05, 4.69) is 10.1 Å². The summed E-state index contributed by atoms with van der Waals surface area (Å²) in [5, 5.41) is 2.42. The number of benzene rings is 2. The summed E-state index contributed by atoms with van der Waals surface area (Å²) in [4.78, 5) is 23.5. The van der Waals surface area contributed by atoms with E-state index in [1.165, 1.54) is 12.1 Å². The van der Waals surface area contributed by atoms with Crippen LogP contribution < -0.4 is 10.1 Å². The average Bonchev–Trinajstić information content (AvgIpc) is 2.54. The summed E-state index contributed by atoms with van der Waals surface area (Å²) in [6.07, 6.45) is -2.60. The molecule has 2 aromatic rings. The molecule has 4 nitrogen and oxygen atoms in total. The fourth-order valence-corrected chi connectivity index (χ4v) is 1.77. The van der Waals surface area contributed by atoms with Crippen molar-refractivity contribution in [3.05, 3.63) is 72.3 Å². The van der Waals surface area contributed by atoms with Crippen molar-refractivity contribution in [2.75, 3.05) is 5.32 Å². The molecule has 2 aromatic carbocycles. The predicted molar refractivity (Wildman–Crippen MR) is 81.7 cm³/mol. The molecule has 1 amide bonds. The summed E-state index contributed by atoms with van der Waals surface area (Å²) in [5.41, 5.74) is 0.710. The number of hydrogen-bond acceptors (Lipinski definition) is 3. The number of ether oxygens (including phenoxy) is 1. The molecule has 0 spiro atoms. The van der Waals surface area contributed by atoms with E-state index in [0.29, 0.717) is 5.56 Å². The average molecular weight is 335 g/mol. The minimum atomic E-state index is -4.77. The number of ketones is 1. The number of carbonyl (C=O) groups is 2. The molecule has 1 N–H and O–H groups in total. The molecule has 0 aromatic heterocycles. The van der Waals surface area contributed by atoms with Crippen LogP contribution in [-0.4, -0.2) is 18.1 Å². The fraction of sp³-hybridized carbons (Fsp3) is 0.0588. The Morgan fingerprint density at radius 1 is 0.917 bits per heavy atom. The van der Waals surface area contributed by atoms with Gasteiger partial charge in [0.15, 0.2) is 5.78 Å². The largest absolute Gasteiger partial charge is 0.573 e. The van der Waals surface area contributed by atoms with E-state index < -0.39 is 18.0 Å². The maximum absolute atomic E-state index is 12.0. The Morgan fingerprint density at radius 3 is 2.12 bits per heavy atom. The highest BCUT2D eigenvalue weighted by Crippen LogP contribution is 2.23. The second-order valence-electron chi connectivity index (χ2n) is 4.63. The van der Waals surface area contributed by atoms with Crippen molar-refractivity contribution < 1.29 is 27.5 Å². The van der Waals surface area contributed by atoms with Gasteiger partial charge in [-0.1, -0.05) is 30.3 Å². The van der Waals surface area contributed by atoms with Gasteiger partial charge in [0.25, 0.3) is 0 Å². The lowest BCUT2D eigenvalue weighted by molar-refractivity contribution is -0.274. The summed E-state index contributed by atoms with van der Waals surface area (Å²) in [6.45, 7) is 0. The van der Waals surface area contributed by atoms with Crippen molar-refractivity contribution in [1.82, 2.24) is 0 Å². The zero-order valence-corrected chi connectivity index (χ0v) is 12.2. The van der Waals surface area contributed by atoms with Gasteiger partial charge in [0.2, 0.25) is 5.91 Å². The molecule has 7 heteroatoms. The molecule has 0 atom stereocenters. The van der Waals surface area contributed by atoms with Gasteiger partial charge in [-0.2, -0.15) is 0 Å².